The van der Waals surface area contributed by atoms with Crippen LogP contribution in [-0.4, -0.2) is 80.0 Å². The summed E-state index contributed by atoms with van der Waals surface area (Å²) >= 11 is 0. The van der Waals surface area contributed by atoms with Gasteiger partial charge in [0.15, 0.2) is 6.04 Å². The van der Waals surface area contributed by atoms with E-state index in [1.54, 1.807) is 11.8 Å². The molecule has 0 aromatic heterocycles. The number of morpholine rings is 1. The van der Waals surface area contributed by atoms with Crippen LogP contribution in [0.15, 0.2) is 0 Å². The lowest BCUT2D eigenvalue weighted by atomic mass is 10.2. The van der Waals surface area contributed by atoms with Gasteiger partial charge in [0.05, 0.1) is 19.8 Å². The van der Waals surface area contributed by atoms with E-state index in [2.05, 4.69) is 10.6 Å². The first-order valence-electron chi connectivity index (χ1n) is 6.61. The monoisotopic (exact) mass is 303 g/mol. The van der Waals surface area contributed by atoms with Gasteiger partial charge in [-0.25, -0.2) is 9.59 Å². The Kier molecular flexibility index (Phi) is 6.89. The van der Waals surface area contributed by atoms with Crippen LogP contribution >= 0.6 is 0 Å². The molecule has 120 valence electrons. The highest BCUT2D eigenvalue weighted by Crippen LogP contribution is 2.00. The fourth-order valence-corrected chi connectivity index (χ4v) is 1.86. The van der Waals surface area contributed by atoms with Crippen molar-refractivity contribution in [1.82, 2.24) is 15.5 Å². The number of amides is 3. The van der Waals surface area contributed by atoms with Crippen molar-refractivity contribution >= 4 is 17.9 Å². The molecular weight excluding hydrogens is 282 g/mol. The highest BCUT2D eigenvalue weighted by atomic mass is 16.5. The second-order valence-corrected chi connectivity index (χ2v) is 4.62. The van der Waals surface area contributed by atoms with Gasteiger partial charge in [0.25, 0.3) is 0 Å². The van der Waals surface area contributed by atoms with Crippen LogP contribution < -0.4 is 10.6 Å². The molecule has 2 atom stereocenters. The minimum absolute atomic E-state index is 0.158. The standard InChI is InChI=1S/C12H21N3O6/c1-8(10(16)15-3-5-21-6-4-15)13-12(19)14-9(7-20-2)11(17)18/h8-9H,3-7H2,1-2H3,(H,17,18)(H2,13,14,19). The van der Waals surface area contributed by atoms with Gasteiger partial charge in [-0.05, 0) is 6.92 Å². The number of rotatable bonds is 6. The van der Waals surface area contributed by atoms with Crippen LogP contribution in [0.1, 0.15) is 6.92 Å². The van der Waals surface area contributed by atoms with Crippen molar-refractivity contribution in [2.24, 2.45) is 0 Å². The molecule has 0 spiro atoms. The lowest BCUT2D eigenvalue weighted by Crippen LogP contribution is -2.55. The minimum atomic E-state index is -1.21. The van der Waals surface area contributed by atoms with Gasteiger partial charge in [0.2, 0.25) is 5.91 Å². The number of nitrogens with one attached hydrogen (secondary N) is 2. The summed E-state index contributed by atoms with van der Waals surface area (Å²) in [6.45, 7) is 3.29. The second kappa shape index (κ2) is 8.42. The van der Waals surface area contributed by atoms with Crippen molar-refractivity contribution in [3.63, 3.8) is 0 Å². The summed E-state index contributed by atoms with van der Waals surface area (Å²) in [5.41, 5.74) is 0. The summed E-state index contributed by atoms with van der Waals surface area (Å²) in [5.74, 6) is -1.44. The van der Waals surface area contributed by atoms with E-state index in [9.17, 15) is 14.4 Å². The molecule has 0 aliphatic carbocycles. The lowest BCUT2D eigenvalue weighted by Gasteiger charge is -2.29. The fraction of sp³-hybridized carbons (Fsp3) is 0.750. The van der Waals surface area contributed by atoms with E-state index in [-0.39, 0.29) is 12.5 Å². The molecule has 9 nitrogen and oxygen atoms in total. The molecule has 1 aliphatic heterocycles. The molecule has 1 heterocycles. The van der Waals surface area contributed by atoms with Crippen LogP contribution in [0.3, 0.4) is 0 Å². The third kappa shape index (κ3) is 5.56. The van der Waals surface area contributed by atoms with Crippen molar-refractivity contribution in [2.45, 2.75) is 19.0 Å². The smallest absolute Gasteiger partial charge is 0.328 e. The van der Waals surface area contributed by atoms with E-state index in [1.165, 1.54) is 7.11 Å². The predicted molar refractivity (Wildman–Crippen MR) is 71.8 cm³/mol. The number of ether oxygens (including phenoxy) is 2. The predicted octanol–water partition coefficient (Wildman–Crippen LogP) is -1.37. The van der Waals surface area contributed by atoms with Crippen molar-refractivity contribution < 1.29 is 29.0 Å². The molecule has 0 aromatic carbocycles. The zero-order valence-corrected chi connectivity index (χ0v) is 12.1. The first-order chi connectivity index (χ1) is 9.95. The van der Waals surface area contributed by atoms with Crippen LogP contribution in [0.4, 0.5) is 4.79 Å². The average molecular weight is 303 g/mol. The molecule has 3 amide bonds. The Morgan fingerprint density at radius 2 is 1.90 bits per heavy atom. The van der Waals surface area contributed by atoms with Gasteiger partial charge in [-0.1, -0.05) is 0 Å². The van der Waals surface area contributed by atoms with E-state index in [0.29, 0.717) is 26.3 Å². The largest absolute Gasteiger partial charge is 0.480 e. The van der Waals surface area contributed by atoms with E-state index in [1.807, 2.05) is 0 Å². The maximum Gasteiger partial charge on any atom is 0.328 e. The second-order valence-electron chi connectivity index (χ2n) is 4.62. The molecule has 9 heteroatoms. The quantitative estimate of drug-likeness (QED) is 0.557. The number of methoxy groups -OCH3 is 1. The Hall–Kier alpha value is -1.87. The van der Waals surface area contributed by atoms with Crippen molar-refractivity contribution in [2.75, 3.05) is 40.0 Å². The number of aliphatic carboxylic acids is 1. The number of carboxylic acids is 1. The number of carbonyl (C=O) groups is 3. The molecule has 3 N–H and O–H groups in total. The van der Waals surface area contributed by atoms with E-state index >= 15 is 0 Å². The minimum Gasteiger partial charge on any atom is -0.480 e. The highest BCUT2D eigenvalue weighted by molar-refractivity contribution is 5.88. The fourth-order valence-electron chi connectivity index (χ4n) is 1.86. The third-order valence-corrected chi connectivity index (χ3v) is 2.98. The van der Waals surface area contributed by atoms with Gasteiger partial charge in [0, 0.05) is 20.2 Å². The normalized spacial score (nSPS) is 17.7. The van der Waals surface area contributed by atoms with Crippen molar-refractivity contribution in [1.29, 1.82) is 0 Å². The summed E-state index contributed by atoms with van der Waals surface area (Å²) in [6, 6.07) is -2.64. The first-order valence-corrected chi connectivity index (χ1v) is 6.61. The van der Waals surface area contributed by atoms with Gasteiger partial charge in [0.1, 0.15) is 6.04 Å². The number of hydrogen-bond donors (Lipinski definition) is 3. The van der Waals surface area contributed by atoms with Gasteiger partial charge in [-0.2, -0.15) is 0 Å². The molecule has 0 aromatic rings. The molecular formula is C12H21N3O6. The number of carbonyl (C=O) groups excluding carboxylic acids is 2. The average Bonchev–Trinajstić information content (AvgIpc) is 2.46. The number of urea groups is 1. The van der Waals surface area contributed by atoms with E-state index < -0.39 is 24.1 Å². The van der Waals surface area contributed by atoms with Crippen LogP contribution in [0.5, 0.6) is 0 Å². The summed E-state index contributed by atoms with van der Waals surface area (Å²) in [5, 5.41) is 13.5. The van der Waals surface area contributed by atoms with Gasteiger partial charge < -0.3 is 30.1 Å². The Bertz CT molecular complexity index is 383. The maximum atomic E-state index is 12.1. The van der Waals surface area contributed by atoms with Crippen LogP contribution in [0, 0.1) is 0 Å². The molecule has 0 radical (unpaired) electrons. The number of carboxylic acid groups (broad SMARTS) is 1. The number of hydrogen-bond acceptors (Lipinski definition) is 5. The first kappa shape index (κ1) is 17.2. The Labute approximate surface area is 122 Å². The zero-order chi connectivity index (χ0) is 15.8. The highest BCUT2D eigenvalue weighted by Gasteiger charge is 2.25. The molecule has 1 aliphatic rings. The molecule has 1 rings (SSSR count). The molecule has 21 heavy (non-hydrogen) atoms. The molecule has 0 bridgehead atoms. The Morgan fingerprint density at radius 3 is 2.43 bits per heavy atom. The molecule has 1 fully saturated rings. The van der Waals surface area contributed by atoms with Crippen LogP contribution in [0.25, 0.3) is 0 Å². The lowest BCUT2D eigenvalue weighted by molar-refractivity contribution is -0.140. The SMILES string of the molecule is COCC(NC(=O)NC(C)C(=O)N1CCOCC1)C(=O)O. The van der Waals surface area contributed by atoms with Gasteiger partial charge in [-0.3, -0.25) is 4.79 Å². The van der Waals surface area contributed by atoms with Crippen LogP contribution in [0.2, 0.25) is 0 Å². The Balaban J connectivity index is 2.45. The summed E-state index contributed by atoms with van der Waals surface area (Å²) in [4.78, 5) is 36.2. The zero-order valence-electron chi connectivity index (χ0n) is 12.1. The summed E-state index contributed by atoms with van der Waals surface area (Å²) in [6.07, 6.45) is 0. The van der Waals surface area contributed by atoms with Crippen molar-refractivity contribution in [3.8, 4) is 0 Å². The van der Waals surface area contributed by atoms with Gasteiger partial charge in [-0.15, -0.1) is 0 Å². The van der Waals surface area contributed by atoms with Crippen molar-refractivity contribution in [3.05, 3.63) is 0 Å². The Morgan fingerprint density at radius 1 is 1.29 bits per heavy atom. The maximum absolute atomic E-state index is 12.1. The summed E-state index contributed by atoms with van der Waals surface area (Å²) < 4.78 is 9.85. The molecule has 2 unspecified atom stereocenters. The van der Waals surface area contributed by atoms with Gasteiger partial charge >= 0.3 is 12.0 Å². The third-order valence-electron chi connectivity index (χ3n) is 2.98. The molecule has 0 saturated carbocycles. The van der Waals surface area contributed by atoms with Crippen LogP contribution in [-0.2, 0) is 19.1 Å². The molecule has 1 saturated heterocycles. The summed E-state index contributed by atoms with van der Waals surface area (Å²) in [7, 11) is 1.33. The topological polar surface area (TPSA) is 117 Å². The van der Waals surface area contributed by atoms with E-state index in [0.717, 1.165) is 0 Å². The van der Waals surface area contributed by atoms with E-state index in [4.69, 9.17) is 14.6 Å². The number of nitrogens with zero attached hydrogens (tertiary/aromatic N) is 1.